The summed E-state index contributed by atoms with van der Waals surface area (Å²) in [5.41, 5.74) is 4.30. The SMILES string of the molecule is OCCN1CCN(CCc2ccc3c(c2)CCCN3)CC1. The minimum absolute atomic E-state index is 0.281. The summed E-state index contributed by atoms with van der Waals surface area (Å²) in [7, 11) is 0. The first-order valence-electron chi connectivity index (χ1n) is 8.26. The van der Waals surface area contributed by atoms with E-state index in [1.54, 1.807) is 0 Å². The van der Waals surface area contributed by atoms with E-state index < -0.39 is 0 Å². The van der Waals surface area contributed by atoms with Crippen LogP contribution in [0.1, 0.15) is 17.5 Å². The average molecular weight is 289 g/mol. The molecule has 1 aromatic carbocycles. The van der Waals surface area contributed by atoms with Gasteiger partial charge < -0.3 is 15.3 Å². The third-order valence-corrected chi connectivity index (χ3v) is 4.71. The Labute approximate surface area is 127 Å². The van der Waals surface area contributed by atoms with Crippen LogP contribution in [-0.4, -0.2) is 67.3 Å². The van der Waals surface area contributed by atoms with E-state index in [0.29, 0.717) is 0 Å². The minimum Gasteiger partial charge on any atom is -0.395 e. The number of nitrogens with zero attached hydrogens (tertiary/aromatic N) is 2. The van der Waals surface area contributed by atoms with Gasteiger partial charge >= 0.3 is 0 Å². The van der Waals surface area contributed by atoms with Crippen LogP contribution in [0.5, 0.6) is 0 Å². The van der Waals surface area contributed by atoms with Gasteiger partial charge in [0.25, 0.3) is 0 Å². The van der Waals surface area contributed by atoms with Crippen molar-refractivity contribution in [1.29, 1.82) is 0 Å². The Bertz CT molecular complexity index is 455. The highest BCUT2D eigenvalue weighted by molar-refractivity contribution is 5.54. The van der Waals surface area contributed by atoms with Crippen molar-refractivity contribution in [2.24, 2.45) is 0 Å². The van der Waals surface area contributed by atoms with E-state index in [-0.39, 0.29) is 6.61 Å². The number of β-amino-alcohol motifs (C(OH)–C–C–N with tert-alkyl or cyclic N) is 1. The van der Waals surface area contributed by atoms with Gasteiger partial charge in [-0.25, -0.2) is 0 Å². The van der Waals surface area contributed by atoms with Gasteiger partial charge in [-0.1, -0.05) is 12.1 Å². The Hall–Kier alpha value is -1.10. The quantitative estimate of drug-likeness (QED) is 0.854. The highest BCUT2D eigenvalue weighted by Gasteiger charge is 2.16. The number of aryl methyl sites for hydroxylation is 1. The third-order valence-electron chi connectivity index (χ3n) is 4.71. The molecule has 3 rings (SSSR count). The standard InChI is InChI=1S/C17H27N3O/c21-13-12-20-10-8-19(9-11-20)7-5-15-3-4-17-16(14-15)2-1-6-18-17/h3-4,14,18,21H,1-2,5-13H2. The van der Waals surface area contributed by atoms with Gasteiger partial charge in [0.1, 0.15) is 0 Å². The lowest BCUT2D eigenvalue weighted by atomic mass is 9.99. The maximum atomic E-state index is 8.97. The molecule has 0 atom stereocenters. The number of hydrogen-bond donors (Lipinski definition) is 2. The summed E-state index contributed by atoms with van der Waals surface area (Å²) >= 11 is 0. The van der Waals surface area contributed by atoms with Crippen LogP contribution in [0, 0.1) is 0 Å². The second kappa shape index (κ2) is 7.25. The van der Waals surface area contributed by atoms with Gasteiger partial charge in [-0.2, -0.15) is 0 Å². The monoisotopic (exact) mass is 289 g/mol. The van der Waals surface area contributed by atoms with Crippen LogP contribution in [0.3, 0.4) is 0 Å². The highest BCUT2D eigenvalue weighted by Crippen LogP contribution is 2.23. The number of aliphatic hydroxyl groups is 1. The predicted octanol–water partition coefficient (Wildman–Crippen LogP) is 1.20. The highest BCUT2D eigenvalue weighted by atomic mass is 16.3. The first kappa shape index (κ1) is 14.8. The van der Waals surface area contributed by atoms with E-state index in [1.165, 1.54) is 29.7 Å². The molecule has 0 aromatic heterocycles. The van der Waals surface area contributed by atoms with Crippen LogP contribution in [0.15, 0.2) is 18.2 Å². The summed E-state index contributed by atoms with van der Waals surface area (Å²) in [6.07, 6.45) is 3.62. The number of fused-ring (bicyclic) bond motifs is 1. The first-order chi connectivity index (χ1) is 10.3. The van der Waals surface area contributed by atoms with Crippen LogP contribution in [-0.2, 0) is 12.8 Å². The molecular weight excluding hydrogens is 262 g/mol. The van der Waals surface area contributed by atoms with Gasteiger partial charge in [-0.05, 0) is 36.5 Å². The third kappa shape index (κ3) is 3.96. The summed E-state index contributed by atoms with van der Waals surface area (Å²) in [6, 6.07) is 6.92. The fraction of sp³-hybridized carbons (Fsp3) is 0.647. The predicted molar refractivity (Wildman–Crippen MR) is 86.9 cm³/mol. The summed E-state index contributed by atoms with van der Waals surface area (Å²) in [5, 5.41) is 12.4. The van der Waals surface area contributed by atoms with Gasteiger partial charge in [0.2, 0.25) is 0 Å². The van der Waals surface area contributed by atoms with Crippen molar-refractivity contribution in [2.75, 3.05) is 57.7 Å². The van der Waals surface area contributed by atoms with Crippen LogP contribution in [0.2, 0.25) is 0 Å². The molecule has 0 bridgehead atoms. The van der Waals surface area contributed by atoms with E-state index in [4.69, 9.17) is 5.11 Å². The topological polar surface area (TPSA) is 38.7 Å². The molecule has 4 heteroatoms. The van der Waals surface area contributed by atoms with Crippen molar-refractivity contribution < 1.29 is 5.11 Å². The minimum atomic E-state index is 0.281. The normalized spacial score (nSPS) is 20.0. The number of hydrogen-bond acceptors (Lipinski definition) is 4. The molecule has 0 aliphatic carbocycles. The Morgan fingerprint density at radius 2 is 1.81 bits per heavy atom. The zero-order chi connectivity index (χ0) is 14.5. The second-order valence-corrected chi connectivity index (χ2v) is 6.18. The fourth-order valence-corrected chi connectivity index (χ4v) is 3.35. The van der Waals surface area contributed by atoms with Crippen LogP contribution < -0.4 is 5.32 Å². The summed E-state index contributed by atoms with van der Waals surface area (Å²) in [5.74, 6) is 0. The molecule has 0 unspecified atom stereocenters. The lowest BCUT2D eigenvalue weighted by molar-refractivity contribution is 0.113. The van der Waals surface area contributed by atoms with Crippen molar-refractivity contribution >= 4 is 5.69 Å². The number of nitrogens with one attached hydrogen (secondary N) is 1. The maximum absolute atomic E-state index is 8.97. The summed E-state index contributed by atoms with van der Waals surface area (Å²) in [4.78, 5) is 4.90. The van der Waals surface area contributed by atoms with E-state index >= 15 is 0 Å². The van der Waals surface area contributed by atoms with E-state index in [1.807, 2.05) is 0 Å². The molecule has 1 fully saturated rings. The molecule has 116 valence electrons. The molecule has 21 heavy (non-hydrogen) atoms. The molecule has 2 N–H and O–H groups in total. The number of piperazine rings is 1. The molecule has 0 radical (unpaired) electrons. The zero-order valence-corrected chi connectivity index (χ0v) is 12.9. The molecule has 2 aliphatic rings. The van der Waals surface area contributed by atoms with E-state index in [0.717, 1.165) is 52.2 Å². The fourth-order valence-electron chi connectivity index (χ4n) is 3.35. The second-order valence-electron chi connectivity index (χ2n) is 6.18. The van der Waals surface area contributed by atoms with Crippen LogP contribution >= 0.6 is 0 Å². The van der Waals surface area contributed by atoms with Gasteiger partial charge in [-0.15, -0.1) is 0 Å². The first-order valence-corrected chi connectivity index (χ1v) is 8.26. The van der Waals surface area contributed by atoms with Gasteiger partial charge in [0, 0.05) is 51.5 Å². The van der Waals surface area contributed by atoms with Crippen molar-refractivity contribution in [3.63, 3.8) is 0 Å². The van der Waals surface area contributed by atoms with Crippen molar-refractivity contribution in [3.8, 4) is 0 Å². The molecule has 0 amide bonds. The number of anilines is 1. The number of benzene rings is 1. The smallest absolute Gasteiger partial charge is 0.0558 e. The Kier molecular flexibility index (Phi) is 5.12. The average Bonchev–Trinajstić information content (AvgIpc) is 2.54. The molecule has 1 saturated heterocycles. The molecule has 2 aliphatic heterocycles. The number of aliphatic hydroxyl groups excluding tert-OH is 1. The van der Waals surface area contributed by atoms with Gasteiger partial charge in [-0.3, -0.25) is 4.90 Å². The number of rotatable bonds is 5. The Morgan fingerprint density at radius 3 is 2.57 bits per heavy atom. The molecule has 1 aromatic rings. The maximum Gasteiger partial charge on any atom is 0.0558 e. The van der Waals surface area contributed by atoms with E-state index in [2.05, 4.69) is 33.3 Å². The lowest BCUT2D eigenvalue weighted by Crippen LogP contribution is -2.47. The molecule has 4 nitrogen and oxygen atoms in total. The lowest BCUT2D eigenvalue weighted by Gasteiger charge is -2.34. The van der Waals surface area contributed by atoms with Gasteiger partial charge in [0.05, 0.1) is 6.61 Å². The van der Waals surface area contributed by atoms with Crippen molar-refractivity contribution in [3.05, 3.63) is 29.3 Å². The van der Waals surface area contributed by atoms with Crippen LogP contribution in [0.25, 0.3) is 0 Å². The van der Waals surface area contributed by atoms with Crippen molar-refractivity contribution in [1.82, 2.24) is 9.80 Å². The molecule has 0 saturated carbocycles. The molecule has 2 heterocycles. The van der Waals surface area contributed by atoms with E-state index in [9.17, 15) is 0 Å². The summed E-state index contributed by atoms with van der Waals surface area (Å²) < 4.78 is 0. The summed E-state index contributed by atoms with van der Waals surface area (Å²) in [6.45, 7) is 7.82. The van der Waals surface area contributed by atoms with Gasteiger partial charge in [0.15, 0.2) is 0 Å². The zero-order valence-electron chi connectivity index (χ0n) is 12.9. The Morgan fingerprint density at radius 1 is 1.05 bits per heavy atom. The Balaban J connectivity index is 1.47. The molecule has 0 spiro atoms. The van der Waals surface area contributed by atoms with Crippen LogP contribution in [0.4, 0.5) is 5.69 Å². The largest absolute Gasteiger partial charge is 0.395 e. The molecular formula is C17H27N3O. The van der Waals surface area contributed by atoms with Crippen molar-refractivity contribution in [2.45, 2.75) is 19.3 Å².